The van der Waals surface area contributed by atoms with E-state index >= 15 is 0 Å². The molecule has 3 rings (SSSR count). The first-order valence-electron chi connectivity index (χ1n) is 8.52. The number of pyridine rings is 1. The van der Waals surface area contributed by atoms with E-state index in [-0.39, 0.29) is 16.6 Å². The summed E-state index contributed by atoms with van der Waals surface area (Å²) in [5.41, 5.74) is 3.28. The normalized spacial score (nSPS) is 11.5. The van der Waals surface area contributed by atoms with Crippen molar-refractivity contribution in [1.29, 1.82) is 0 Å². The molecule has 2 heterocycles. The SMILES string of the molecule is Cc1nc2c(cc1C(=O)N/N=C/C=C/c1ccccc1)c(=O)n(C)c(=O)n2C. The van der Waals surface area contributed by atoms with Crippen molar-refractivity contribution >= 4 is 29.2 Å². The summed E-state index contributed by atoms with van der Waals surface area (Å²) in [5, 5.41) is 4.07. The molecule has 1 aromatic carbocycles. The standard InChI is InChI=1S/C20H19N5O3/c1-13-15(12-16-17(22-13)24(2)20(28)25(3)19(16)27)18(26)23-21-11-7-10-14-8-5-4-6-9-14/h4-12H,1-3H3,(H,23,26)/b10-7+,21-11+. The number of aromatic nitrogens is 3. The van der Waals surface area contributed by atoms with Gasteiger partial charge in [0.25, 0.3) is 11.5 Å². The number of nitrogens with zero attached hydrogens (tertiary/aromatic N) is 4. The Morgan fingerprint density at radius 2 is 1.86 bits per heavy atom. The van der Waals surface area contributed by atoms with Gasteiger partial charge >= 0.3 is 5.69 Å². The zero-order valence-corrected chi connectivity index (χ0v) is 15.7. The highest BCUT2D eigenvalue weighted by Gasteiger charge is 2.16. The molecule has 1 amide bonds. The van der Waals surface area contributed by atoms with E-state index < -0.39 is 17.2 Å². The smallest absolute Gasteiger partial charge is 0.280 e. The summed E-state index contributed by atoms with van der Waals surface area (Å²) in [6.07, 6.45) is 5.01. The lowest BCUT2D eigenvalue weighted by atomic mass is 10.1. The van der Waals surface area contributed by atoms with Crippen LogP contribution in [-0.4, -0.2) is 26.2 Å². The Balaban J connectivity index is 1.85. The van der Waals surface area contributed by atoms with Crippen molar-refractivity contribution in [3.8, 4) is 0 Å². The quantitative estimate of drug-likeness (QED) is 0.548. The van der Waals surface area contributed by atoms with Crippen LogP contribution in [0, 0.1) is 6.92 Å². The van der Waals surface area contributed by atoms with Gasteiger partial charge in [-0.2, -0.15) is 5.10 Å². The van der Waals surface area contributed by atoms with Gasteiger partial charge in [-0.3, -0.25) is 18.7 Å². The van der Waals surface area contributed by atoms with Crippen LogP contribution in [0.25, 0.3) is 17.1 Å². The van der Waals surface area contributed by atoms with E-state index in [4.69, 9.17) is 0 Å². The second-order valence-corrected chi connectivity index (χ2v) is 6.19. The number of aryl methyl sites for hydroxylation is 2. The molecule has 8 heteroatoms. The molecule has 0 aliphatic carbocycles. The van der Waals surface area contributed by atoms with Crippen molar-refractivity contribution in [3.63, 3.8) is 0 Å². The first-order valence-corrected chi connectivity index (χ1v) is 8.52. The van der Waals surface area contributed by atoms with Gasteiger partial charge in [0.1, 0.15) is 5.65 Å². The van der Waals surface area contributed by atoms with Crippen LogP contribution in [0.1, 0.15) is 21.6 Å². The van der Waals surface area contributed by atoms with Crippen LogP contribution < -0.4 is 16.7 Å². The molecule has 1 N–H and O–H groups in total. The predicted molar refractivity (Wildman–Crippen MR) is 108 cm³/mol. The van der Waals surface area contributed by atoms with Crippen molar-refractivity contribution in [3.05, 3.63) is 80.1 Å². The molecule has 0 spiro atoms. The number of benzene rings is 1. The lowest BCUT2D eigenvalue weighted by Crippen LogP contribution is -2.37. The number of amides is 1. The minimum Gasteiger partial charge on any atom is -0.280 e. The van der Waals surface area contributed by atoms with E-state index in [9.17, 15) is 14.4 Å². The Labute approximate surface area is 160 Å². The van der Waals surface area contributed by atoms with Gasteiger partial charge in [0.15, 0.2) is 0 Å². The molecule has 0 saturated heterocycles. The average molecular weight is 377 g/mol. The third-order valence-corrected chi connectivity index (χ3v) is 4.28. The molecule has 0 aliphatic rings. The molecule has 0 bridgehead atoms. The number of rotatable bonds is 4. The van der Waals surface area contributed by atoms with Crippen LogP contribution in [0.4, 0.5) is 0 Å². The topological polar surface area (TPSA) is 98.3 Å². The Kier molecular flexibility index (Phi) is 5.30. The predicted octanol–water partition coefficient (Wildman–Crippen LogP) is 1.37. The van der Waals surface area contributed by atoms with Gasteiger partial charge in [0.2, 0.25) is 0 Å². The summed E-state index contributed by atoms with van der Waals surface area (Å²) < 4.78 is 2.26. The summed E-state index contributed by atoms with van der Waals surface area (Å²) in [5.74, 6) is -0.493. The van der Waals surface area contributed by atoms with Gasteiger partial charge in [-0.1, -0.05) is 36.4 Å². The van der Waals surface area contributed by atoms with Gasteiger partial charge in [-0.15, -0.1) is 0 Å². The zero-order chi connectivity index (χ0) is 20.3. The average Bonchev–Trinajstić information content (AvgIpc) is 2.70. The summed E-state index contributed by atoms with van der Waals surface area (Å²) in [6.45, 7) is 1.63. The Bertz CT molecular complexity index is 1220. The van der Waals surface area contributed by atoms with Crippen molar-refractivity contribution in [2.45, 2.75) is 6.92 Å². The Morgan fingerprint density at radius 3 is 2.57 bits per heavy atom. The first-order chi connectivity index (χ1) is 13.4. The first kappa shape index (κ1) is 19.0. The van der Waals surface area contributed by atoms with E-state index in [1.807, 2.05) is 36.4 Å². The fourth-order valence-corrected chi connectivity index (χ4v) is 2.74. The lowest BCUT2D eigenvalue weighted by Gasteiger charge is -2.10. The number of hydrazone groups is 1. The minimum atomic E-state index is -0.506. The molecule has 0 unspecified atom stereocenters. The highest BCUT2D eigenvalue weighted by molar-refractivity contribution is 5.98. The van der Waals surface area contributed by atoms with Crippen molar-refractivity contribution < 1.29 is 4.79 Å². The van der Waals surface area contributed by atoms with Crippen LogP contribution in [0.15, 0.2) is 57.2 Å². The fourth-order valence-electron chi connectivity index (χ4n) is 2.74. The second-order valence-electron chi connectivity index (χ2n) is 6.19. The van der Waals surface area contributed by atoms with Crippen LogP contribution in [0.5, 0.6) is 0 Å². The molecule has 0 saturated carbocycles. The number of carbonyl (C=O) groups is 1. The summed E-state index contributed by atoms with van der Waals surface area (Å²) in [7, 11) is 2.91. The molecular weight excluding hydrogens is 358 g/mol. The molecule has 2 aromatic heterocycles. The Morgan fingerprint density at radius 1 is 1.14 bits per heavy atom. The lowest BCUT2D eigenvalue weighted by molar-refractivity contribution is 0.0954. The molecular formula is C20H19N5O3. The molecule has 3 aromatic rings. The fraction of sp³-hybridized carbons (Fsp3) is 0.150. The third kappa shape index (κ3) is 3.66. The zero-order valence-electron chi connectivity index (χ0n) is 15.7. The van der Waals surface area contributed by atoms with Crippen LogP contribution >= 0.6 is 0 Å². The maximum atomic E-state index is 12.4. The van der Waals surface area contributed by atoms with E-state index in [1.54, 1.807) is 13.0 Å². The van der Waals surface area contributed by atoms with E-state index in [0.717, 1.165) is 10.1 Å². The van der Waals surface area contributed by atoms with E-state index in [1.165, 1.54) is 30.9 Å². The van der Waals surface area contributed by atoms with E-state index in [0.29, 0.717) is 5.69 Å². The van der Waals surface area contributed by atoms with Gasteiger partial charge in [0.05, 0.1) is 16.6 Å². The molecule has 142 valence electrons. The van der Waals surface area contributed by atoms with Crippen molar-refractivity contribution in [2.24, 2.45) is 19.2 Å². The number of nitrogens with one attached hydrogen (secondary N) is 1. The highest BCUT2D eigenvalue weighted by atomic mass is 16.2. The number of hydrogen-bond acceptors (Lipinski definition) is 5. The molecule has 0 radical (unpaired) electrons. The maximum absolute atomic E-state index is 12.4. The maximum Gasteiger partial charge on any atom is 0.332 e. The van der Waals surface area contributed by atoms with Crippen LogP contribution in [0.2, 0.25) is 0 Å². The number of carbonyl (C=O) groups excluding carboxylic acids is 1. The van der Waals surface area contributed by atoms with Crippen molar-refractivity contribution in [2.75, 3.05) is 0 Å². The third-order valence-electron chi connectivity index (χ3n) is 4.28. The van der Waals surface area contributed by atoms with Crippen molar-refractivity contribution in [1.82, 2.24) is 19.5 Å². The second kappa shape index (κ2) is 7.83. The van der Waals surface area contributed by atoms with E-state index in [2.05, 4.69) is 15.5 Å². The van der Waals surface area contributed by atoms with Gasteiger partial charge in [-0.05, 0) is 24.6 Å². The monoisotopic (exact) mass is 377 g/mol. The largest absolute Gasteiger partial charge is 0.332 e. The summed E-state index contributed by atoms with van der Waals surface area (Å²) >= 11 is 0. The molecule has 0 atom stereocenters. The summed E-state index contributed by atoms with van der Waals surface area (Å²) in [6, 6.07) is 11.1. The van der Waals surface area contributed by atoms with Gasteiger partial charge in [0, 0.05) is 20.3 Å². The molecule has 0 fully saturated rings. The van der Waals surface area contributed by atoms with Crippen LogP contribution in [-0.2, 0) is 14.1 Å². The molecule has 0 aliphatic heterocycles. The number of fused-ring (bicyclic) bond motifs is 1. The number of allylic oxidation sites excluding steroid dienone is 1. The Hall–Kier alpha value is -3.81. The minimum absolute atomic E-state index is 0.188. The van der Waals surface area contributed by atoms with Gasteiger partial charge in [-0.25, -0.2) is 15.2 Å². The molecule has 28 heavy (non-hydrogen) atoms. The van der Waals surface area contributed by atoms with Gasteiger partial charge < -0.3 is 0 Å². The molecule has 8 nitrogen and oxygen atoms in total. The van der Waals surface area contributed by atoms with Crippen LogP contribution in [0.3, 0.4) is 0 Å². The highest BCUT2D eigenvalue weighted by Crippen LogP contribution is 2.12. The summed E-state index contributed by atoms with van der Waals surface area (Å²) in [4.78, 5) is 41.1. The number of hydrogen-bond donors (Lipinski definition) is 1.